The molecule has 0 radical (unpaired) electrons. The van der Waals surface area contributed by atoms with Crippen LogP contribution in [0.15, 0.2) is 60.7 Å². The highest BCUT2D eigenvalue weighted by Gasteiger charge is 2.11. The molecule has 130 valence electrons. The summed E-state index contributed by atoms with van der Waals surface area (Å²) in [6.07, 6.45) is 13.5. The molecular weight excluding hydrogens is 288 g/mol. The van der Waals surface area contributed by atoms with Gasteiger partial charge in [0, 0.05) is 0 Å². The summed E-state index contributed by atoms with van der Waals surface area (Å²) in [4.78, 5) is 0. The first kappa shape index (κ1) is 18.8. The highest BCUT2D eigenvalue weighted by atomic mass is 14.2. The van der Waals surface area contributed by atoms with Crippen LogP contribution in [-0.2, 0) is 6.42 Å². The molecule has 0 bridgehead atoms. The largest absolute Gasteiger partial charge is 0.0654 e. The molecule has 0 aromatic heterocycles. The van der Waals surface area contributed by atoms with Crippen molar-refractivity contribution in [2.45, 2.75) is 77.0 Å². The van der Waals surface area contributed by atoms with Crippen LogP contribution in [0, 0.1) is 0 Å². The first-order valence-corrected chi connectivity index (χ1v) is 9.99. The molecule has 2 rings (SSSR count). The molecule has 0 spiro atoms. The fourth-order valence-corrected chi connectivity index (χ4v) is 3.57. The van der Waals surface area contributed by atoms with Crippen molar-refractivity contribution >= 4 is 0 Å². The van der Waals surface area contributed by atoms with Gasteiger partial charge in [-0.1, -0.05) is 106 Å². The van der Waals surface area contributed by atoms with Gasteiger partial charge in [0.05, 0.1) is 0 Å². The maximum atomic E-state index is 2.32. The predicted octanol–water partition coefficient (Wildman–Crippen LogP) is 7.54. The van der Waals surface area contributed by atoms with E-state index in [-0.39, 0.29) is 0 Å². The van der Waals surface area contributed by atoms with Crippen LogP contribution >= 0.6 is 0 Å². The third kappa shape index (κ3) is 7.34. The van der Waals surface area contributed by atoms with Gasteiger partial charge in [-0.2, -0.15) is 0 Å². The van der Waals surface area contributed by atoms with Crippen LogP contribution in [0.25, 0.3) is 0 Å². The minimum Gasteiger partial charge on any atom is -0.0654 e. The second-order valence-corrected chi connectivity index (χ2v) is 7.04. The number of aryl methyl sites for hydroxylation is 1. The summed E-state index contributed by atoms with van der Waals surface area (Å²) >= 11 is 0. The topological polar surface area (TPSA) is 0 Å². The third-order valence-corrected chi connectivity index (χ3v) is 5.04. The summed E-state index contributed by atoms with van der Waals surface area (Å²) in [6, 6.07) is 22.1. The minimum atomic E-state index is 0.737. The Kier molecular flexibility index (Phi) is 9.31. The zero-order valence-electron chi connectivity index (χ0n) is 15.4. The summed E-state index contributed by atoms with van der Waals surface area (Å²) < 4.78 is 0. The third-order valence-electron chi connectivity index (χ3n) is 5.04. The molecule has 1 unspecified atom stereocenters. The lowest BCUT2D eigenvalue weighted by molar-refractivity contribution is 0.504. The molecule has 1 atom stereocenters. The van der Waals surface area contributed by atoms with Gasteiger partial charge >= 0.3 is 0 Å². The van der Waals surface area contributed by atoms with Gasteiger partial charge in [0.25, 0.3) is 0 Å². The number of rotatable bonds is 12. The SMILES string of the molecule is CCCCCCCCC(CCCc1ccccc1)c1ccccc1. The zero-order chi connectivity index (χ0) is 16.9. The molecule has 2 aromatic rings. The summed E-state index contributed by atoms with van der Waals surface area (Å²) in [7, 11) is 0. The summed E-state index contributed by atoms with van der Waals surface area (Å²) in [5.74, 6) is 0.737. The van der Waals surface area contributed by atoms with Crippen LogP contribution in [0.3, 0.4) is 0 Å². The smallest absolute Gasteiger partial charge is 0.0162 e. The fourth-order valence-electron chi connectivity index (χ4n) is 3.57. The first-order chi connectivity index (χ1) is 11.9. The van der Waals surface area contributed by atoms with Crippen molar-refractivity contribution in [3.63, 3.8) is 0 Å². The number of benzene rings is 2. The van der Waals surface area contributed by atoms with Gasteiger partial charge in [-0.25, -0.2) is 0 Å². The molecule has 0 heteroatoms. The van der Waals surface area contributed by atoms with E-state index in [1.165, 1.54) is 69.8 Å². The maximum Gasteiger partial charge on any atom is -0.0162 e. The molecule has 0 fully saturated rings. The summed E-state index contributed by atoms with van der Waals surface area (Å²) in [5.41, 5.74) is 3.02. The second-order valence-electron chi connectivity index (χ2n) is 7.04. The van der Waals surface area contributed by atoms with Crippen molar-refractivity contribution in [2.75, 3.05) is 0 Å². The van der Waals surface area contributed by atoms with Crippen molar-refractivity contribution in [3.8, 4) is 0 Å². The van der Waals surface area contributed by atoms with E-state index >= 15 is 0 Å². The molecule has 0 heterocycles. The lowest BCUT2D eigenvalue weighted by Crippen LogP contribution is -2.00. The lowest BCUT2D eigenvalue weighted by Gasteiger charge is -2.17. The van der Waals surface area contributed by atoms with Crippen molar-refractivity contribution < 1.29 is 0 Å². The number of hydrogen-bond donors (Lipinski definition) is 0. The average molecular weight is 323 g/mol. The van der Waals surface area contributed by atoms with Crippen molar-refractivity contribution in [1.82, 2.24) is 0 Å². The molecular formula is C24H34. The Morgan fingerprint density at radius 2 is 1.21 bits per heavy atom. The van der Waals surface area contributed by atoms with E-state index in [4.69, 9.17) is 0 Å². The molecule has 0 saturated heterocycles. The van der Waals surface area contributed by atoms with Crippen LogP contribution in [-0.4, -0.2) is 0 Å². The maximum absolute atomic E-state index is 2.32. The Balaban J connectivity index is 1.77. The van der Waals surface area contributed by atoms with Gasteiger partial charge < -0.3 is 0 Å². The molecule has 0 saturated carbocycles. The van der Waals surface area contributed by atoms with Gasteiger partial charge in [-0.05, 0) is 42.7 Å². The van der Waals surface area contributed by atoms with Gasteiger partial charge in [0.1, 0.15) is 0 Å². The van der Waals surface area contributed by atoms with Crippen LogP contribution < -0.4 is 0 Å². The number of unbranched alkanes of at least 4 members (excludes halogenated alkanes) is 5. The Labute approximate surface area is 149 Å². The van der Waals surface area contributed by atoms with E-state index in [9.17, 15) is 0 Å². The quantitative estimate of drug-likeness (QED) is 0.354. The van der Waals surface area contributed by atoms with E-state index in [2.05, 4.69) is 67.6 Å². The van der Waals surface area contributed by atoms with Gasteiger partial charge in [0.15, 0.2) is 0 Å². The normalized spacial score (nSPS) is 12.2. The van der Waals surface area contributed by atoms with Crippen molar-refractivity contribution in [2.24, 2.45) is 0 Å². The Morgan fingerprint density at radius 3 is 1.92 bits per heavy atom. The van der Waals surface area contributed by atoms with Gasteiger partial charge in [-0.15, -0.1) is 0 Å². The lowest BCUT2D eigenvalue weighted by atomic mass is 9.88. The van der Waals surface area contributed by atoms with Crippen LogP contribution in [0.1, 0.15) is 81.8 Å². The molecule has 0 nitrogen and oxygen atoms in total. The predicted molar refractivity (Wildman–Crippen MR) is 107 cm³/mol. The molecule has 24 heavy (non-hydrogen) atoms. The van der Waals surface area contributed by atoms with Crippen LogP contribution in [0.4, 0.5) is 0 Å². The van der Waals surface area contributed by atoms with E-state index < -0.39 is 0 Å². The fraction of sp³-hybridized carbons (Fsp3) is 0.500. The highest BCUT2D eigenvalue weighted by Crippen LogP contribution is 2.28. The molecule has 0 aliphatic heterocycles. The van der Waals surface area contributed by atoms with Crippen LogP contribution in [0.5, 0.6) is 0 Å². The molecule has 2 aromatic carbocycles. The summed E-state index contributed by atoms with van der Waals surface area (Å²) in [5, 5.41) is 0. The van der Waals surface area contributed by atoms with E-state index in [0.717, 1.165) is 5.92 Å². The molecule has 0 aliphatic carbocycles. The highest BCUT2D eigenvalue weighted by molar-refractivity contribution is 5.20. The van der Waals surface area contributed by atoms with E-state index in [1.807, 2.05) is 0 Å². The monoisotopic (exact) mass is 322 g/mol. The first-order valence-electron chi connectivity index (χ1n) is 9.99. The number of hydrogen-bond acceptors (Lipinski definition) is 0. The molecule has 0 N–H and O–H groups in total. The van der Waals surface area contributed by atoms with Gasteiger partial charge in [0.2, 0.25) is 0 Å². The average Bonchev–Trinajstić information content (AvgIpc) is 2.64. The standard InChI is InChI=1S/C24H34/c1-2-3-4-5-6-11-18-24(23-19-12-8-13-20-23)21-14-17-22-15-9-7-10-16-22/h7-10,12-13,15-16,19-20,24H,2-6,11,14,17-18,21H2,1H3. The van der Waals surface area contributed by atoms with E-state index in [1.54, 1.807) is 5.56 Å². The second kappa shape index (κ2) is 11.9. The van der Waals surface area contributed by atoms with Gasteiger partial charge in [-0.3, -0.25) is 0 Å². The molecule has 0 aliphatic rings. The molecule has 0 amide bonds. The minimum absolute atomic E-state index is 0.737. The zero-order valence-corrected chi connectivity index (χ0v) is 15.4. The van der Waals surface area contributed by atoms with Crippen molar-refractivity contribution in [3.05, 3.63) is 71.8 Å². The Morgan fingerprint density at radius 1 is 0.625 bits per heavy atom. The Hall–Kier alpha value is -1.56. The van der Waals surface area contributed by atoms with E-state index in [0.29, 0.717) is 0 Å². The Bertz CT molecular complexity index is 514. The van der Waals surface area contributed by atoms with Crippen LogP contribution in [0.2, 0.25) is 0 Å². The summed E-state index contributed by atoms with van der Waals surface area (Å²) in [6.45, 7) is 2.29. The van der Waals surface area contributed by atoms with Crippen molar-refractivity contribution in [1.29, 1.82) is 0 Å².